The monoisotopic (exact) mass is 464 g/mol. The highest BCUT2D eigenvalue weighted by atomic mass is 35.5. The van der Waals surface area contributed by atoms with Crippen molar-refractivity contribution in [3.63, 3.8) is 0 Å². The number of carbonyl (C=O) groups excluding carboxylic acids is 1. The SMILES string of the molecule is C[C@@H](OC(=O)N1CCN(c2cnc3cc(-c4cnn(C)c4)ccn23)CC1)c1ccc(Cl)cc1. The fraction of sp³-hybridized carbons (Fsp3) is 0.292. The fourth-order valence-electron chi connectivity index (χ4n) is 4.10. The summed E-state index contributed by atoms with van der Waals surface area (Å²) in [5, 5.41) is 4.91. The van der Waals surface area contributed by atoms with Crippen molar-refractivity contribution in [3.8, 4) is 11.1 Å². The van der Waals surface area contributed by atoms with Crippen molar-refractivity contribution in [1.29, 1.82) is 0 Å². The van der Waals surface area contributed by atoms with E-state index >= 15 is 0 Å². The number of hydrogen-bond donors (Lipinski definition) is 0. The first-order valence-electron chi connectivity index (χ1n) is 10.9. The van der Waals surface area contributed by atoms with E-state index in [1.807, 2.05) is 50.9 Å². The molecule has 4 heterocycles. The summed E-state index contributed by atoms with van der Waals surface area (Å²) in [5.41, 5.74) is 3.94. The molecule has 0 bridgehead atoms. The minimum Gasteiger partial charge on any atom is -0.442 e. The van der Waals surface area contributed by atoms with E-state index in [2.05, 4.69) is 31.5 Å². The molecular weight excluding hydrogens is 440 g/mol. The fourth-order valence-corrected chi connectivity index (χ4v) is 4.22. The minimum absolute atomic E-state index is 0.295. The van der Waals surface area contributed by atoms with Gasteiger partial charge in [0.05, 0.1) is 12.4 Å². The average molecular weight is 465 g/mol. The second-order valence-electron chi connectivity index (χ2n) is 8.21. The van der Waals surface area contributed by atoms with Crippen LogP contribution >= 0.6 is 11.6 Å². The summed E-state index contributed by atoms with van der Waals surface area (Å²) in [6, 6.07) is 11.5. The molecule has 4 aromatic rings. The maximum absolute atomic E-state index is 12.7. The lowest BCUT2D eigenvalue weighted by Gasteiger charge is -2.35. The van der Waals surface area contributed by atoms with Gasteiger partial charge in [0, 0.05) is 56.2 Å². The molecule has 0 saturated carbocycles. The maximum atomic E-state index is 12.7. The predicted octanol–water partition coefficient (Wildman–Crippen LogP) is 4.41. The second-order valence-corrected chi connectivity index (χ2v) is 8.65. The van der Waals surface area contributed by atoms with E-state index in [9.17, 15) is 4.79 Å². The van der Waals surface area contributed by atoms with Gasteiger partial charge in [0.25, 0.3) is 0 Å². The van der Waals surface area contributed by atoms with Crippen LogP contribution in [0.25, 0.3) is 16.8 Å². The maximum Gasteiger partial charge on any atom is 0.410 e. The molecule has 1 amide bonds. The molecule has 170 valence electrons. The summed E-state index contributed by atoms with van der Waals surface area (Å²) in [5.74, 6) is 1.02. The van der Waals surface area contributed by atoms with Crippen LogP contribution < -0.4 is 4.90 Å². The third kappa shape index (κ3) is 4.39. The van der Waals surface area contributed by atoms with Crippen LogP contribution in [-0.4, -0.2) is 56.3 Å². The number of hydrogen-bond acceptors (Lipinski definition) is 5. The van der Waals surface area contributed by atoms with Crippen LogP contribution in [0.2, 0.25) is 5.02 Å². The Kier molecular flexibility index (Phi) is 5.68. The minimum atomic E-state index is -0.333. The Morgan fingerprint density at radius 1 is 1.06 bits per heavy atom. The van der Waals surface area contributed by atoms with Gasteiger partial charge in [-0.3, -0.25) is 9.08 Å². The number of ether oxygens (including phenoxy) is 1. The lowest BCUT2D eigenvalue weighted by Crippen LogP contribution is -2.49. The smallest absolute Gasteiger partial charge is 0.410 e. The standard InChI is InChI=1S/C24H25ClN6O2/c1-17(18-3-5-21(25)6-4-18)33-24(32)30-11-9-29(10-12-30)23-15-26-22-13-19(7-8-31(22)23)20-14-27-28(2)16-20/h3-8,13-17H,9-12H2,1-2H3/t17-/m1/s1. The van der Waals surface area contributed by atoms with Crippen molar-refractivity contribution in [3.05, 3.63) is 71.8 Å². The number of nitrogens with zero attached hydrogens (tertiary/aromatic N) is 6. The third-order valence-electron chi connectivity index (χ3n) is 6.01. The van der Waals surface area contributed by atoms with E-state index in [4.69, 9.17) is 16.3 Å². The van der Waals surface area contributed by atoms with Gasteiger partial charge in [0.15, 0.2) is 0 Å². The molecule has 33 heavy (non-hydrogen) atoms. The summed E-state index contributed by atoms with van der Waals surface area (Å²) in [7, 11) is 1.91. The number of fused-ring (bicyclic) bond motifs is 1. The molecule has 0 N–H and O–H groups in total. The van der Waals surface area contributed by atoms with Gasteiger partial charge in [-0.05, 0) is 42.3 Å². The first-order chi connectivity index (χ1) is 16.0. The van der Waals surface area contributed by atoms with E-state index < -0.39 is 0 Å². The molecule has 0 unspecified atom stereocenters. The quantitative estimate of drug-likeness (QED) is 0.447. The zero-order chi connectivity index (χ0) is 22.9. The number of carbonyl (C=O) groups is 1. The first kappa shape index (κ1) is 21.3. The van der Waals surface area contributed by atoms with Crippen molar-refractivity contribution in [1.82, 2.24) is 24.1 Å². The molecule has 1 aromatic carbocycles. The summed E-state index contributed by atoms with van der Waals surface area (Å²) in [6.07, 6.45) is 7.13. The molecule has 1 saturated heterocycles. The van der Waals surface area contributed by atoms with Gasteiger partial charge in [-0.25, -0.2) is 9.78 Å². The predicted molar refractivity (Wildman–Crippen MR) is 128 cm³/mol. The number of pyridine rings is 1. The molecule has 0 spiro atoms. The van der Waals surface area contributed by atoms with Crippen LogP contribution in [0.1, 0.15) is 18.6 Å². The number of aromatic nitrogens is 4. The zero-order valence-electron chi connectivity index (χ0n) is 18.6. The number of aryl methyl sites for hydroxylation is 1. The van der Waals surface area contributed by atoms with Crippen LogP contribution in [0.5, 0.6) is 0 Å². The third-order valence-corrected chi connectivity index (χ3v) is 6.26. The summed E-state index contributed by atoms with van der Waals surface area (Å²) >= 11 is 5.94. The van der Waals surface area contributed by atoms with Crippen LogP contribution in [0.15, 0.2) is 61.2 Å². The van der Waals surface area contributed by atoms with Crippen LogP contribution in [0.3, 0.4) is 0 Å². The van der Waals surface area contributed by atoms with E-state index in [-0.39, 0.29) is 12.2 Å². The molecule has 8 nitrogen and oxygen atoms in total. The zero-order valence-corrected chi connectivity index (χ0v) is 19.3. The molecule has 0 radical (unpaired) electrons. The van der Waals surface area contributed by atoms with Gasteiger partial charge < -0.3 is 14.5 Å². The molecule has 5 rings (SSSR count). The number of amides is 1. The summed E-state index contributed by atoms with van der Waals surface area (Å²) in [4.78, 5) is 21.3. The average Bonchev–Trinajstić information content (AvgIpc) is 3.45. The number of piperazine rings is 1. The molecule has 3 aromatic heterocycles. The first-order valence-corrected chi connectivity index (χ1v) is 11.3. The highest BCUT2D eigenvalue weighted by Crippen LogP contribution is 2.25. The van der Waals surface area contributed by atoms with Gasteiger partial charge in [0.2, 0.25) is 0 Å². The Hall–Kier alpha value is -3.52. The number of benzene rings is 1. The molecule has 1 fully saturated rings. The van der Waals surface area contributed by atoms with Gasteiger partial charge in [-0.15, -0.1) is 0 Å². The van der Waals surface area contributed by atoms with E-state index in [1.54, 1.807) is 21.7 Å². The van der Waals surface area contributed by atoms with E-state index in [0.717, 1.165) is 28.2 Å². The number of imidazole rings is 1. The lowest BCUT2D eigenvalue weighted by atomic mass is 10.1. The van der Waals surface area contributed by atoms with Crippen molar-refractivity contribution < 1.29 is 9.53 Å². The molecule has 9 heteroatoms. The number of anilines is 1. The van der Waals surface area contributed by atoms with Crippen molar-refractivity contribution >= 4 is 29.2 Å². The van der Waals surface area contributed by atoms with Crippen LogP contribution in [0.4, 0.5) is 10.6 Å². The molecule has 1 aliphatic heterocycles. The second kappa shape index (κ2) is 8.78. The Balaban J connectivity index is 1.22. The van der Waals surface area contributed by atoms with Gasteiger partial charge >= 0.3 is 6.09 Å². The largest absolute Gasteiger partial charge is 0.442 e. The normalized spacial score (nSPS) is 15.1. The Bertz CT molecular complexity index is 1270. The molecule has 1 aliphatic rings. The Labute approximate surface area is 197 Å². The van der Waals surface area contributed by atoms with Crippen molar-refractivity contribution in [2.45, 2.75) is 13.0 Å². The summed E-state index contributed by atoms with van der Waals surface area (Å²) in [6.45, 7) is 4.47. The van der Waals surface area contributed by atoms with Crippen molar-refractivity contribution in [2.24, 2.45) is 7.05 Å². The lowest BCUT2D eigenvalue weighted by molar-refractivity contribution is 0.0680. The van der Waals surface area contributed by atoms with Crippen LogP contribution in [0, 0.1) is 0 Å². The molecule has 1 atom stereocenters. The molecular formula is C24H25ClN6O2. The van der Waals surface area contributed by atoms with E-state index in [0.29, 0.717) is 31.2 Å². The van der Waals surface area contributed by atoms with Gasteiger partial charge in [0.1, 0.15) is 17.6 Å². The summed E-state index contributed by atoms with van der Waals surface area (Å²) < 4.78 is 9.54. The van der Waals surface area contributed by atoms with Gasteiger partial charge in [-0.2, -0.15) is 5.10 Å². The Morgan fingerprint density at radius 2 is 1.82 bits per heavy atom. The highest BCUT2D eigenvalue weighted by Gasteiger charge is 2.25. The Morgan fingerprint density at radius 3 is 2.52 bits per heavy atom. The highest BCUT2D eigenvalue weighted by molar-refractivity contribution is 6.30. The molecule has 0 aliphatic carbocycles. The number of halogens is 1. The van der Waals surface area contributed by atoms with Crippen LogP contribution in [-0.2, 0) is 11.8 Å². The number of rotatable bonds is 4. The van der Waals surface area contributed by atoms with Crippen molar-refractivity contribution in [2.75, 3.05) is 31.1 Å². The van der Waals surface area contributed by atoms with Gasteiger partial charge in [-0.1, -0.05) is 23.7 Å². The topological polar surface area (TPSA) is 67.9 Å². The van der Waals surface area contributed by atoms with E-state index in [1.165, 1.54) is 0 Å².